The van der Waals surface area contributed by atoms with Crippen molar-refractivity contribution in [2.24, 2.45) is 0 Å². The van der Waals surface area contributed by atoms with Gasteiger partial charge in [0, 0.05) is 5.69 Å². The number of hydrogen-bond donors (Lipinski definition) is 3. The second kappa shape index (κ2) is 12.8. The van der Waals surface area contributed by atoms with Gasteiger partial charge in [-0.05, 0) is 62.4 Å². The fourth-order valence-corrected chi connectivity index (χ4v) is 4.75. The summed E-state index contributed by atoms with van der Waals surface area (Å²) in [5, 5.41) is 14.2. The van der Waals surface area contributed by atoms with Crippen molar-refractivity contribution in [3.8, 4) is 6.07 Å². The van der Waals surface area contributed by atoms with E-state index in [1.807, 2.05) is 13.0 Å². The molecule has 192 valence electrons. The first-order valence-corrected chi connectivity index (χ1v) is 12.9. The van der Waals surface area contributed by atoms with Crippen molar-refractivity contribution in [1.29, 1.82) is 5.26 Å². The highest BCUT2D eigenvalue weighted by Gasteiger charge is 2.32. The van der Waals surface area contributed by atoms with Gasteiger partial charge in [-0.1, -0.05) is 17.7 Å². The molecule has 2 atom stereocenters. The molecule has 2 amide bonds. The number of ether oxygens (including phenoxy) is 1. The van der Waals surface area contributed by atoms with Gasteiger partial charge in [-0.15, -0.1) is 11.3 Å². The number of esters is 1. The number of nitrogens with zero attached hydrogens (tertiary/aromatic N) is 2. The average Bonchev–Trinajstić information content (AvgIpc) is 3.38. The molecule has 3 rings (SSSR count). The van der Waals surface area contributed by atoms with Crippen LogP contribution in [0, 0.1) is 18.3 Å². The van der Waals surface area contributed by atoms with Crippen molar-refractivity contribution in [3.63, 3.8) is 0 Å². The summed E-state index contributed by atoms with van der Waals surface area (Å²) >= 11 is -1.64. The van der Waals surface area contributed by atoms with Gasteiger partial charge in [0.1, 0.15) is 0 Å². The number of nitrogens with one attached hydrogen (secondary N) is 2. The lowest BCUT2D eigenvalue weighted by Gasteiger charge is -2.28. The third-order valence-corrected chi connectivity index (χ3v) is 6.96. The molecule has 2 aromatic carbocycles. The molecule has 0 aliphatic rings. The number of nitriles is 1. The monoisotopic (exact) mass is 540 g/mol. The molecule has 2 unspecified atom stereocenters. The van der Waals surface area contributed by atoms with Crippen molar-refractivity contribution in [3.05, 3.63) is 81.5 Å². The van der Waals surface area contributed by atoms with E-state index in [4.69, 9.17) is 10.00 Å². The van der Waals surface area contributed by atoms with Crippen LogP contribution in [0.2, 0.25) is 0 Å². The summed E-state index contributed by atoms with van der Waals surface area (Å²) < 4.78 is 28.2. The standard InChI is InChI=1S/C25H24N4O6S2/c1-3-35-25(32)20(29(37(33)34)19-10-4-16(2)5-11-19)15-27-23(30)21-12-13-22(36-21)24(31)28-18-8-6-17(14-26)7-9-18/h4-13,20H,3,15H2,1-2H3,(H,27,30)(H,28,31)(H,33,34). The van der Waals surface area contributed by atoms with Crippen LogP contribution in [0.25, 0.3) is 0 Å². The molecule has 0 radical (unpaired) electrons. The molecule has 37 heavy (non-hydrogen) atoms. The van der Waals surface area contributed by atoms with Gasteiger partial charge in [-0.2, -0.15) is 5.26 Å². The second-order valence-electron chi connectivity index (χ2n) is 7.68. The Kier molecular flexibility index (Phi) is 9.51. The van der Waals surface area contributed by atoms with E-state index < -0.39 is 35.1 Å². The quantitative estimate of drug-likeness (QED) is 0.263. The minimum atomic E-state index is -2.59. The maximum absolute atomic E-state index is 12.8. The van der Waals surface area contributed by atoms with Crippen LogP contribution in [0.1, 0.15) is 37.4 Å². The van der Waals surface area contributed by atoms with Gasteiger partial charge in [-0.25, -0.2) is 9.00 Å². The number of aryl methyl sites for hydroxylation is 1. The van der Waals surface area contributed by atoms with Gasteiger partial charge in [0.15, 0.2) is 6.04 Å². The predicted octanol–water partition coefficient (Wildman–Crippen LogP) is 3.49. The number of anilines is 2. The average molecular weight is 541 g/mol. The SMILES string of the molecule is CCOC(=O)C(CNC(=O)c1ccc(C(=O)Nc2ccc(C#N)cc2)s1)N(c1ccc(C)cc1)S(=O)O. The number of carbonyl (C=O) groups excluding carboxylic acids is 3. The molecule has 3 N–H and O–H groups in total. The molecule has 0 saturated heterocycles. The maximum atomic E-state index is 12.8. The lowest BCUT2D eigenvalue weighted by Crippen LogP contribution is -2.50. The van der Waals surface area contributed by atoms with Crippen LogP contribution in [0.4, 0.5) is 11.4 Å². The molecular formula is C25H24N4O6S2. The fraction of sp³-hybridized carbons (Fsp3) is 0.200. The minimum Gasteiger partial charge on any atom is -0.464 e. The Labute approximate surface area is 220 Å². The Bertz CT molecular complexity index is 1330. The molecule has 1 aromatic heterocycles. The summed E-state index contributed by atoms with van der Waals surface area (Å²) in [5.41, 5.74) is 2.18. The highest BCUT2D eigenvalue weighted by atomic mass is 32.2. The zero-order chi connectivity index (χ0) is 26.9. The van der Waals surface area contributed by atoms with E-state index in [-0.39, 0.29) is 22.9 Å². The smallest absolute Gasteiger partial charge is 0.331 e. The van der Waals surface area contributed by atoms with Crippen LogP contribution >= 0.6 is 11.3 Å². The Morgan fingerprint density at radius 1 is 1.05 bits per heavy atom. The lowest BCUT2D eigenvalue weighted by atomic mass is 10.2. The zero-order valence-electron chi connectivity index (χ0n) is 20.0. The summed E-state index contributed by atoms with van der Waals surface area (Å²) in [6, 6.07) is 16.6. The van der Waals surface area contributed by atoms with Gasteiger partial charge < -0.3 is 15.4 Å². The van der Waals surface area contributed by atoms with E-state index in [0.717, 1.165) is 21.2 Å². The first kappa shape index (κ1) is 27.5. The van der Waals surface area contributed by atoms with Gasteiger partial charge >= 0.3 is 5.97 Å². The van der Waals surface area contributed by atoms with E-state index in [2.05, 4.69) is 10.6 Å². The first-order valence-electron chi connectivity index (χ1n) is 11.1. The van der Waals surface area contributed by atoms with E-state index in [9.17, 15) is 23.1 Å². The van der Waals surface area contributed by atoms with Crippen LogP contribution in [-0.4, -0.2) is 45.7 Å². The van der Waals surface area contributed by atoms with Crippen molar-refractivity contribution in [2.75, 3.05) is 22.8 Å². The van der Waals surface area contributed by atoms with Gasteiger partial charge in [0.2, 0.25) is 0 Å². The first-order chi connectivity index (χ1) is 17.7. The Morgan fingerprint density at radius 2 is 1.68 bits per heavy atom. The van der Waals surface area contributed by atoms with Crippen molar-refractivity contribution in [1.82, 2.24) is 5.32 Å². The van der Waals surface area contributed by atoms with Crippen LogP contribution in [0.3, 0.4) is 0 Å². The summed E-state index contributed by atoms with van der Waals surface area (Å²) in [6.45, 7) is 3.19. The molecule has 0 aliphatic heterocycles. The van der Waals surface area contributed by atoms with E-state index in [1.165, 1.54) is 12.1 Å². The lowest BCUT2D eigenvalue weighted by molar-refractivity contribution is -0.144. The van der Waals surface area contributed by atoms with E-state index in [0.29, 0.717) is 16.9 Å². The van der Waals surface area contributed by atoms with Gasteiger partial charge in [0.25, 0.3) is 23.1 Å². The summed E-state index contributed by atoms with van der Waals surface area (Å²) in [6.07, 6.45) is 0. The van der Waals surface area contributed by atoms with Gasteiger partial charge in [-0.3, -0.25) is 18.4 Å². The fourth-order valence-electron chi connectivity index (χ4n) is 3.25. The summed E-state index contributed by atoms with van der Waals surface area (Å²) in [7, 11) is 0. The number of benzene rings is 2. The molecule has 0 saturated carbocycles. The normalized spacial score (nSPS) is 12.1. The number of hydrogen-bond acceptors (Lipinski definition) is 7. The van der Waals surface area contributed by atoms with Crippen molar-refractivity contribution >= 4 is 51.8 Å². The molecule has 1 heterocycles. The maximum Gasteiger partial charge on any atom is 0.331 e. The highest BCUT2D eigenvalue weighted by molar-refractivity contribution is 7.80. The Balaban J connectivity index is 1.72. The molecule has 0 spiro atoms. The van der Waals surface area contributed by atoms with Crippen molar-refractivity contribution in [2.45, 2.75) is 19.9 Å². The third kappa shape index (κ3) is 7.23. The van der Waals surface area contributed by atoms with Crippen LogP contribution < -0.4 is 14.9 Å². The molecular weight excluding hydrogens is 516 g/mol. The largest absolute Gasteiger partial charge is 0.464 e. The number of carbonyl (C=O) groups is 3. The Hall–Kier alpha value is -4.05. The molecule has 0 bridgehead atoms. The van der Waals surface area contributed by atoms with E-state index >= 15 is 0 Å². The molecule has 12 heteroatoms. The van der Waals surface area contributed by atoms with Crippen LogP contribution in [0.5, 0.6) is 0 Å². The predicted molar refractivity (Wildman–Crippen MR) is 141 cm³/mol. The van der Waals surface area contributed by atoms with Crippen LogP contribution in [0.15, 0.2) is 60.7 Å². The van der Waals surface area contributed by atoms with Crippen molar-refractivity contribution < 1.29 is 27.9 Å². The second-order valence-corrected chi connectivity index (χ2v) is 9.62. The third-order valence-electron chi connectivity index (χ3n) is 5.08. The topological polar surface area (TPSA) is 149 Å². The molecule has 0 fully saturated rings. The highest BCUT2D eigenvalue weighted by Crippen LogP contribution is 2.22. The molecule has 10 nitrogen and oxygen atoms in total. The van der Waals surface area contributed by atoms with Crippen LogP contribution in [-0.2, 0) is 20.8 Å². The Morgan fingerprint density at radius 3 is 2.24 bits per heavy atom. The number of amides is 2. The summed E-state index contributed by atoms with van der Waals surface area (Å²) in [5.74, 6) is -1.77. The molecule has 3 aromatic rings. The number of thiophene rings is 1. The minimum absolute atomic E-state index is 0.0473. The summed E-state index contributed by atoms with van der Waals surface area (Å²) in [4.78, 5) is 38.5. The molecule has 0 aliphatic carbocycles. The number of rotatable bonds is 10. The zero-order valence-corrected chi connectivity index (χ0v) is 21.6. The van der Waals surface area contributed by atoms with E-state index in [1.54, 1.807) is 55.5 Å². The van der Waals surface area contributed by atoms with Gasteiger partial charge in [0.05, 0.1) is 40.2 Å².